The van der Waals surface area contributed by atoms with Crippen LogP contribution in [0, 0.1) is 0 Å². The fraction of sp³-hybridized carbons (Fsp3) is 0.556. The molecule has 0 bridgehead atoms. The Kier molecular flexibility index (Phi) is 5.27. The van der Waals surface area contributed by atoms with Crippen molar-refractivity contribution in [2.75, 3.05) is 20.2 Å². The van der Waals surface area contributed by atoms with Crippen LogP contribution in [0.2, 0.25) is 0 Å². The minimum absolute atomic E-state index is 0.0942. The normalized spacial score (nSPS) is 15.4. The van der Waals surface area contributed by atoms with Crippen molar-refractivity contribution in [1.82, 2.24) is 4.90 Å². The van der Waals surface area contributed by atoms with Gasteiger partial charge in [-0.1, -0.05) is 18.2 Å². The van der Waals surface area contributed by atoms with Crippen molar-refractivity contribution >= 4 is 11.0 Å². The summed E-state index contributed by atoms with van der Waals surface area (Å²) in [5.74, 6) is 0.910. The maximum atomic E-state index is 10.1. The number of furan rings is 1. The molecule has 0 amide bonds. The second-order valence-electron chi connectivity index (χ2n) is 6.88. The smallest absolute Gasteiger partial charge is 0.134 e. The highest BCUT2D eigenvalue weighted by molar-refractivity contribution is 5.77. The van der Waals surface area contributed by atoms with E-state index in [2.05, 4.69) is 17.9 Å². The third-order valence-corrected chi connectivity index (χ3v) is 3.72. The first-order chi connectivity index (χ1) is 10.3. The molecule has 4 heteroatoms. The number of rotatable bonds is 6. The van der Waals surface area contributed by atoms with Gasteiger partial charge in [0.15, 0.2) is 0 Å². The third-order valence-electron chi connectivity index (χ3n) is 3.72. The van der Waals surface area contributed by atoms with E-state index in [1.807, 2.05) is 52.1 Å². The zero-order valence-corrected chi connectivity index (χ0v) is 14.2. The van der Waals surface area contributed by atoms with Crippen LogP contribution in [0.4, 0.5) is 0 Å². The first kappa shape index (κ1) is 17.0. The van der Waals surface area contributed by atoms with E-state index in [9.17, 15) is 5.11 Å². The Morgan fingerprint density at radius 2 is 1.95 bits per heavy atom. The van der Waals surface area contributed by atoms with Crippen LogP contribution >= 0.6 is 0 Å². The highest BCUT2D eigenvalue weighted by Crippen LogP contribution is 2.26. The average molecular weight is 305 g/mol. The summed E-state index contributed by atoms with van der Waals surface area (Å²) in [5, 5.41) is 11.2. The van der Waals surface area contributed by atoms with Crippen LogP contribution in [0.25, 0.3) is 11.0 Å². The number of para-hydroxylation sites is 1. The molecular formula is C18H27NO3. The van der Waals surface area contributed by atoms with Crippen LogP contribution in [0.1, 0.15) is 39.5 Å². The monoisotopic (exact) mass is 305 g/mol. The van der Waals surface area contributed by atoms with Crippen LogP contribution in [-0.4, -0.2) is 41.9 Å². The van der Waals surface area contributed by atoms with E-state index < -0.39 is 6.10 Å². The lowest BCUT2D eigenvalue weighted by molar-refractivity contribution is -0.0570. The molecule has 4 nitrogen and oxygen atoms in total. The van der Waals surface area contributed by atoms with Gasteiger partial charge >= 0.3 is 0 Å². The molecular weight excluding hydrogens is 278 g/mol. The van der Waals surface area contributed by atoms with Gasteiger partial charge in [0.2, 0.25) is 0 Å². The van der Waals surface area contributed by atoms with E-state index in [1.165, 1.54) is 0 Å². The fourth-order valence-corrected chi connectivity index (χ4v) is 2.31. The van der Waals surface area contributed by atoms with Crippen molar-refractivity contribution in [2.45, 2.75) is 45.4 Å². The average Bonchev–Trinajstić information content (AvgIpc) is 2.87. The zero-order chi connectivity index (χ0) is 16.3. The summed E-state index contributed by atoms with van der Waals surface area (Å²) in [6.07, 6.45) is -0.518. The Hall–Kier alpha value is -1.36. The molecule has 2 unspecified atom stereocenters. The zero-order valence-electron chi connectivity index (χ0n) is 14.2. The Morgan fingerprint density at radius 3 is 2.59 bits per heavy atom. The minimum atomic E-state index is -0.518. The summed E-state index contributed by atoms with van der Waals surface area (Å²) in [6, 6.07) is 10.1. The van der Waals surface area contributed by atoms with Crippen molar-refractivity contribution in [1.29, 1.82) is 0 Å². The van der Waals surface area contributed by atoms with Gasteiger partial charge in [-0.3, -0.25) is 4.90 Å². The largest absolute Gasteiger partial charge is 0.459 e. The van der Waals surface area contributed by atoms with Crippen LogP contribution in [0.15, 0.2) is 34.7 Å². The number of aliphatic hydroxyl groups excluding tert-OH is 1. The molecule has 122 valence electrons. The molecule has 0 spiro atoms. The number of hydrogen-bond donors (Lipinski definition) is 1. The molecule has 1 aromatic heterocycles. The lowest BCUT2D eigenvalue weighted by Crippen LogP contribution is -2.36. The quantitative estimate of drug-likeness (QED) is 0.885. The molecule has 0 saturated heterocycles. The fourth-order valence-electron chi connectivity index (χ4n) is 2.31. The molecule has 22 heavy (non-hydrogen) atoms. The van der Waals surface area contributed by atoms with Gasteiger partial charge in [-0.05, 0) is 46.9 Å². The molecule has 0 aliphatic heterocycles. The van der Waals surface area contributed by atoms with Crippen molar-refractivity contribution in [3.05, 3.63) is 36.1 Å². The first-order valence-electron chi connectivity index (χ1n) is 7.77. The highest BCUT2D eigenvalue weighted by atomic mass is 16.5. The molecule has 0 aliphatic rings. The number of likely N-dealkylation sites (N-methyl/N-ethyl adjacent to an activating group) is 1. The Balaban J connectivity index is 1.95. The predicted molar refractivity (Wildman–Crippen MR) is 89.0 cm³/mol. The lowest BCUT2D eigenvalue weighted by Gasteiger charge is -2.27. The molecule has 0 saturated carbocycles. The maximum absolute atomic E-state index is 10.1. The molecule has 1 heterocycles. The SMILES string of the molecule is CC(c1cc2ccccc2o1)N(C)CC(O)COC(C)(C)C. The number of nitrogens with zero attached hydrogens (tertiary/aromatic N) is 1. The van der Waals surface area contributed by atoms with Crippen LogP contribution in [0.3, 0.4) is 0 Å². The molecule has 2 atom stereocenters. The van der Waals surface area contributed by atoms with Gasteiger partial charge in [0.05, 0.1) is 24.4 Å². The van der Waals surface area contributed by atoms with Gasteiger partial charge in [0.1, 0.15) is 11.3 Å². The van der Waals surface area contributed by atoms with Crippen molar-refractivity contribution in [3.8, 4) is 0 Å². The number of hydrogen-bond acceptors (Lipinski definition) is 4. The summed E-state index contributed by atoms with van der Waals surface area (Å²) < 4.78 is 11.5. The minimum Gasteiger partial charge on any atom is -0.459 e. The molecule has 1 aromatic carbocycles. The van der Waals surface area contributed by atoms with Gasteiger partial charge in [0, 0.05) is 11.9 Å². The Bertz CT molecular complexity index is 567. The first-order valence-corrected chi connectivity index (χ1v) is 7.77. The molecule has 0 radical (unpaired) electrons. The van der Waals surface area contributed by atoms with Gasteiger partial charge in [-0.15, -0.1) is 0 Å². The van der Waals surface area contributed by atoms with E-state index in [0.29, 0.717) is 13.2 Å². The van der Waals surface area contributed by atoms with E-state index in [-0.39, 0.29) is 11.6 Å². The summed E-state index contributed by atoms with van der Waals surface area (Å²) in [4.78, 5) is 2.08. The summed E-state index contributed by atoms with van der Waals surface area (Å²) >= 11 is 0. The van der Waals surface area contributed by atoms with Crippen LogP contribution < -0.4 is 0 Å². The van der Waals surface area contributed by atoms with E-state index in [4.69, 9.17) is 9.15 Å². The lowest BCUT2D eigenvalue weighted by atomic mass is 10.2. The van der Waals surface area contributed by atoms with Crippen LogP contribution in [0.5, 0.6) is 0 Å². The molecule has 2 rings (SSSR count). The number of fused-ring (bicyclic) bond motifs is 1. The second-order valence-corrected chi connectivity index (χ2v) is 6.88. The van der Waals surface area contributed by atoms with Gasteiger partial charge < -0.3 is 14.3 Å². The predicted octanol–water partition coefficient (Wildman–Crippen LogP) is 3.60. The molecule has 1 N–H and O–H groups in total. The second kappa shape index (κ2) is 6.82. The summed E-state index contributed by atoms with van der Waals surface area (Å²) in [7, 11) is 1.98. The summed E-state index contributed by atoms with van der Waals surface area (Å²) in [6.45, 7) is 8.91. The van der Waals surface area contributed by atoms with E-state index in [1.54, 1.807) is 0 Å². The van der Waals surface area contributed by atoms with Gasteiger partial charge in [-0.25, -0.2) is 0 Å². The summed E-state index contributed by atoms with van der Waals surface area (Å²) in [5.41, 5.74) is 0.665. The van der Waals surface area contributed by atoms with Gasteiger partial charge in [-0.2, -0.15) is 0 Å². The Morgan fingerprint density at radius 1 is 1.27 bits per heavy atom. The van der Waals surface area contributed by atoms with Crippen LogP contribution in [-0.2, 0) is 4.74 Å². The Labute approximate surface area is 132 Å². The van der Waals surface area contributed by atoms with Crippen molar-refractivity contribution in [3.63, 3.8) is 0 Å². The molecule has 2 aromatic rings. The topological polar surface area (TPSA) is 45.8 Å². The van der Waals surface area contributed by atoms with E-state index in [0.717, 1.165) is 16.7 Å². The number of aliphatic hydroxyl groups is 1. The standard InChI is InChI=1S/C18H27NO3/c1-13(17-10-14-8-6-7-9-16(14)22-17)19(5)11-15(20)12-21-18(2,3)4/h6-10,13,15,20H,11-12H2,1-5H3. The molecule has 0 aliphatic carbocycles. The van der Waals surface area contributed by atoms with Gasteiger partial charge in [0.25, 0.3) is 0 Å². The molecule has 0 fully saturated rings. The highest BCUT2D eigenvalue weighted by Gasteiger charge is 2.20. The van der Waals surface area contributed by atoms with Crippen molar-refractivity contribution in [2.24, 2.45) is 0 Å². The number of benzene rings is 1. The van der Waals surface area contributed by atoms with E-state index >= 15 is 0 Å². The maximum Gasteiger partial charge on any atom is 0.134 e. The van der Waals surface area contributed by atoms with Crippen molar-refractivity contribution < 1.29 is 14.3 Å². The number of ether oxygens (including phenoxy) is 1. The third kappa shape index (κ3) is 4.57.